The molecule has 3 rings (SSSR count). The van der Waals surface area contributed by atoms with Crippen molar-refractivity contribution in [1.82, 2.24) is 14.8 Å². The van der Waals surface area contributed by atoms with E-state index in [1.807, 2.05) is 13.8 Å². The van der Waals surface area contributed by atoms with E-state index < -0.39 is 4.92 Å². The largest absolute Gasteiger partial charge is 0.334 e. The lowest BCUT2D eigenvalue weighted by atomic mass is 10.2. The number of amides is 1. The van der Waals surface area contributed by atoms with E-state index >= 15 is 0 Å². The van der Waals surface area contributed by atoms with Crippen molar-refractivity contribution in [3.05, 3.63) is 39.3 Å². The van der Waals surface area contributed by atoms with E-state index in [0.29, 0.717) is 11.5 Å². The van der Waals surface area contributed by atoms with E-state index in [9.17, 15) is 14.9 Å². The molecule has 2 heterocycles. The Bertz CT molecular complexity index is 726. The first kappa shape index (κ1) is 13.3. The molecule has 0 aliphatic heterocycles. The van der Waals surface area contributed by atoms with Crippen LogP contribution in [0.3, 0.4) is 0 Å². The molecule has 0 spiro atoms. The van der Waals surface area contributed by atoms with Crippen LogP contribution in [0.1, 0.15) is 40.6 Å². The number of nitro groups is 1. The average molecular weight is 289 g/mol. The third-order valence-corrected chi connectivity index (χ3v) is 3.70. The van der Waals surface area contributed by atoms with Gasteiger partial charge in [-0.25, -0.2) is 0 Å². The van der Waals surface area contributed by atoms with Crippen LogP contribution in [0.15, 0.2) is 12.3 Å². The second-order valence-corrected chi connectivity index (χ2v) is 5.26. The van der Waals surface area contributed by atoms with Crippen LogP contribution in [0.25, 0.3) is 0 Å². The molecule has 110 valence electrons. The number of aromatic nitrogens is 3. The van der Waals surface area contributed by atoms with Gasteiger partial charge in [-0.3, -0.25) is 20.0 Å². The molecule has 21 heavy (non-hydrogen) atoms. The molecule has 2 aromatic rings. The second kappa shape index (κ2) is 4.72. The maximum atomic E-state index is 12.4. The van der Waals surface area contributed by atoms with Crippen molar-refractivity contribution >= 4 is 17.4 Å². The summed E-state index contributed by atoms with van der Waals surface area (Å²) in [5.74, 6) is 0.0632. The number of hydrogen-bond acceptors (Lipinski definition) is 4. The maximum absolute atomic E-state index is 12.4. The van der Waals surface area contributed by atoms with E-state index in [4.69, 9.17) is 0 Å². The van der Waals surface area contributed by atoms with Gasteiger partial charge in [-0.1, -0.05) is 0 Å². The summed E-state index contributed by atoms with van der Waals surface area (Å²) in [6, 6.07) is 1.49. The molecule has 0 aromatic carbocycles. The second-order valence-electron chi connectivity index (χ2n) is 5.26. The molecule has 0 bridgehead atoms. The molecule has 0 radical (unpaired) electrons. The average Bonchev–Trinajstić information content (AvgIpc) is 3.12. The number of aromatic amines is 1. The van der Waals surface area contributed by atoms with Gasteiger partial charge in [0.1, 0.15) is 5.69 Å². The Labute approximate surface area is 120 Å². The van der Waals surface area contributed by atoms with Gasteiger partial charge >= 0.3 is 0 Å². The molecule has 8 nitrogen and oxygen atoms in total. The predicted molar refractivity (Wildman–Crippen MR) is 75.4 cm³/mol. The molecule has 2 N–H and O–H groups in total. The van der Waals surface area contributed by atoms with Crippen LogP contribution in [0.5, 0.6) is 0 Å². The topological polar surface area (TPSA) is 106 Å². The van der Waals surface area contributed by atoms with E-state index in [-0.39, 0.29) is 17.6 Å². The van der Waals surface area contributed by atoms with Gasteiger partial charge in [0.25, 0.3) is 11.6 Å². The lowest BCUT2D eigenvalue weighted by Crippen LogP contribution is -2.17. The minimum absolute atomic E-state index is 0.0676. The molecular formula is C13H15N5O3. The summed E-state index contributed by atoms with van der Waals surface area (Å²) in [4.78, 5) is 22.8. The Hall–Kier alpha value is -2.64. The summed E-state index contributed by atoms with van der Waals surface area (Å²) in [6.45, 7) is 3.70. The highest BCUT2D eigenvalue weighted by molar-refractivity contribution is 6.03. The molecule has 1 aliphatic rings. The number of rotatable bonds is 4. The van der Waals surface area contributed by atoms with Crippen molar-refractivity contribution in [2.45, 2.75) is 32.7 Å². The molecule has 1 aliphatic carbocycles. The summed E-state index contributed by atoms with van der Waals surface area (Å²) in [5.41, 5.74) is 1.95. The summed E-state index contributed by atoms with van der Waals surface area (Å²) in [7, 11) is 0. The summed E-state index contributed by atoms with van der Waals surface area (Å²) >= 11 is 0. The zero-order valence-corrected chi connectivity index (χ0v) is 11.7. The number of H-pyrrole nitrogens is 1. The van der Waals surface area contributed by atoms with Crippen LogP contribution in [0, 0.1) is 24.0 Å². The number of nitrogens with zero attached hydrogens (tertiary/aromatic N) is 3. The monoisotopic (exact) mass is 289 g/mol. The van der Waals surface area contributed by atoms with E-state index in [0.717, 1.165) is 24.1 Å². The fourth-order valence-electron chi connectivity index (χ4n) is 2.18. The Morgan fingerprint density at radius 3 is 2.76 bits per heavy atom. The van der Waals surface area contributed by atoms with Crippen molar-refractivity contribution in [2.24, 2.45) is 0 Å². The highest BCUT2D eigenvalue weighted by atomic mass is 16.6. The number of aryl methyl sites for hydroxylation is 1. The van der Waals surface area contributed by atoms with Crippen LogP contribution in [0.2, 0.25) is 0 Å². The number of nitrogens with one attached hydrogen (secondary N) is 2. The van der Waals surface area contributed by atoms with E-state index in [2.05, 4.69) is 15.5 Å². The normalized spacial score (nSPS) is 14.2. The molecule has 0 saturated heterocycles. The van der Waals surface area contributed by atoms with Crippen molar-refractivity contribution < 1.29 is 9.72 Å². The molecule has 1 saturated carbocycles. The van der Waals surface area contributed by atoms with Crippen molar-refractivity contribution in [3.8, 4) is 0 Å². The van der Waals surface area contributed by atoms with Crippen LogP contribution in [0.4, 0.5) is 11.5 Å². The molecule has 0 unspecified atom stereocenters. The lowest BCUT2D eigenvalue weighted by molar-refractivity contribution is -0.384. The maximum Gasteiger partial charge on any atom is 0.287 e. The van der Waals surface area contributed by atoms with Gasteiger partial charge in [0, 0.05) is 23.4 Å². The molecule has 1 amide bonds. The molecule has 1 fully saturated rings. The molecular weight excluding hydrogens is 274 g/mol. The predicted octanol–water partition coefficient (Wildman–Crippen LogP) is 2.32. The number of hydrogen-bond donors (Lipinski definition) is 2. The fourth-order valence-corrected chi connectivity index (χ4v) is 2.18. The van der Waals surface area contributed by atoms with E-state index in [1.165, 1.54) is 12.3 Å². The van der Waals surface area contributed by atoms with Crippen LogP contribution in [-0.4, -0.2) is 25.6 Å². The van der Waals surface area contributed by atoms with Gasteiger partial charge in [0.2, 0.25) is 0 Å². The Kier molecular flexibility index (Phi) is 3.00. The first-order chi connectivity index (χ1) is 9.97. The van der Waals surface area contributed by atoms with Gasteiger partial charge in [0.15, 0.2) is 5.82 Å². The zero-order valence-electron chi connectivity index (χ0n) is 11.7. The minimum atomic E-state index is -0.487. The third kappa shape index (κ3) is 2.39. The standard InChI is InChI=1S/C13H15N5O3/c1-7-8(2)15-16-12(7)14-13(19)11-5-10(18(20)21)6-17(11)9-3-4-9/h5-6,9H,3-4H2,1-2H3,(H2,14,15,16,19). The highest BCUT2D eigenvalue weighted by Crippen LogP contribution is 2.38. The zero-order chi connectivity index (χ0) is 15.1. The summed E-state index contributed by atoms with van der Waals surface area (Å²) < 4.78 is 1.68. The van der Waals surface area contributed by atoms with Crippen molar-refractivity contribution in [3.63, 3.8) is 0 Å². The lowest BCUT2D eigenvalue weighted by Gasteiger charge is -2.06. The SMILES string of the molecule is Cc1[nH]nc(NC(=O)c2cc([N+](=O)[O-])cn2C2CC2)c1C. The first-order valence-corrected chi connectivity index (χ1v) is 6.66. The Morgan fingerprint density at radius 1 is 1.52 bits per heavy atom. The van der Waals surface area contributed by atoms with Crippen LogP contribution < -0.4 is 5.32 Å². The molecule has 8 heteroatoms. The first-order valence-electron chi connectivity index (χ1n) is 6.66. The van der Waals surface area contributed by atoms with Crippen molar-refractivity contribution in [2.75, 3.05) is 5.32 Å². The summed E-state index contributed by atoms with van der Waals surface area (Å²) in [5, 5.41) is 20.4. The highest BCUT2D eigenvalue weighted by Gasteiger charge is 2.30. The Balaban J connectivity index is 1.90. The summed E-state index contributed by atoms with van der Waals surface area (Å²) in [6.07, 6.45) is 3.30. The number of anilines is 1. The molecule has 0 atom stereocenters. The fraction of sp³-hybridized carbons (Fsp3) is 0.385. The van der Waals surface area contributed by atoms with Gasteiger partial charge in [-0.05, 0) is 26.7 Å². The minimum Gasteiger partial charge on any atom is -0.334 e. The van der Waals surface area contributed by atoms with Gasteiger partial charge < -0.3 is 9.88 Å². The Morgan fingerprint density at radius 2 is 2.24 bits per heavy atom. The van der Waals surface area contributed by atoms with Crippen LogP contribution in [-0.2, 0) is 0 Å². The van der Waals surface area contributed by atoms with Crippen LogP contribution >= 0.6 is 0 Å². The molecule has 2 aromatic heterocycles. The van der Waals surface area contributed by atoms with Gasteiger partial charge in [-0.2, -0.15) is 5.10 Å². The number of carbonyl (C=O) groups is 1. The third-order valence-electron chi connectivity index (χ3n) is 3.70. The van der Waals surface area contributed by atoms with Gasteiger partial charge in [-0.15, -0.1) is 0 Å². The smallest absolute Gasteiger partial charge is 0.287 e. The van der Waals surface area contributed by atoms with Crippen molar-refractivity contribution in [1.29, 1.82) is 0 Å². The van der Waals surface area contributed by atoms with E-state index in [1.54, 1.807) is 4.57 Å². The van der Waals surface area contributed by atoms with Gasteiger partial charge in [0.05, 0.1) is 11.1 Å². The quantitative estimate of drug-likeness (QED) is 0.665. The number of carbonyl (C=O) groups excluding carboxylic acids is 1.